The lowest BCUT2D eigenvalue weighted by atomic mass is 10.1. The molecule has 2 heterocycles. The number of amides is 1. The van der Waals surface area contributed by atoms with Crippen LogP contribution in [0.3, 0.4) is 0 Å². The topological polar surface area (TPSA) is 54.5 Å². The molecule has 1 aromatic carbocycles. The minimum Gasteiger partial charge on any atom is -0.489 e. The molecule has 0 saturated carbocycles. The lowest BCUT2D eigenvalue weighted by Gasteiger charge is -2.20. The molecule has 2 aromatic rings. The van der Waals surface area contributed by atoms with E-state index in [0.29, 0.717) is 18.8 Å². The van der Waals surface area contributed by atoms with Gasteiger partial charge >= 0.3 is 0 Å². The first-order valence-corrected chi connectivity index (χ1v) is 8.90. The van der Waals surface area contributed by atoms with Crippen molar-refractivity contribution in [2.75, 3.05) is 18.0 Å². The van der Waals surface area contributed by atoms with Gasteiger partial charge in [-0.3, -0.25) is 4.79 Å². The number of benzene rings is 1. The molecule has 1 N–H and O–H groups in total. The quantitative estimate of drug-likeness (QED) is 0.807. The van der Waals surface area contributed by atoms with Gasteiger partial charge in [0.05, 0.1) is 18.3 Å². The zero-order valence-electron chi connectivity index (χ0n) is 14.7. The van der Waals surface area contributed by atoms with E-state index in [9.17, 15) is 9.18 Å². The van der Waals surface area contributed by atoms with E-state index >= 15 is 0 Å². The van der Waals surface area contributed by atoms with E-state index < -0.39 is 5.82 Å². The second-order valence-electron chi connectivity index (χ2n) is 6.40. The first-order chi connectivity index (χ1) is 12.4. The lowest BCUT2D eigenvalue weighted by molar-refractivity contribution is -0.119. The van der Waals surface area contributed by atoms with E-state index in [-0.39, 0.29) is 23.2 Å². The Labute approximate surface area is 157 Å². The smallest absolute Gasteiger partial charge is 0.217 e. The first kappa shape index (κ1) is 18.5. The molecule has 7 heteroatoms. The first-order valence-electron chi connectivity index (χ1n) is 8.52. The number of carbonyl (C=O) groups is 1. The Morgan fingerprint density at radius 3 is 2.81 bits per heavy atom. The van der Waals surface area contributed by atoms with E-state index in [0.717, 1.165) is 17.7 Å². The molecular formula is C19H21ClFN3O2. The Balaban J connectivity index is 1.60. The number of aromatic nitrogens is 1. The van der Waals surface area contributed by atoms with Crippen molar-refractivity contribution >= 4 is 23.2 Å². The zero-order chi connectivity index (χ0) is 18.7. The Kier molecular flexibility index (Phi) is 5.61. The van der Waals surface area contributed by atoms with Crippen molar-refractivity contribution in [1.29, 1.82) is 0 Å². The van der Waals surface area contributed by atoms with Crippen molar-refractivity contribution in [1.82, 2.24) is 10.3 Å². The molecule has 1 saturated heterocycles. The number of nitrogens with zero attached hydrogens (tertiary/aromatic N) is 2. The molecule has 0 spiro atoms. The Morgan fingerprint density at radius 2 is 2.12 bits per heavy atom. The normalized spacial score (nSPS) is 17.8. The Morgan fingerprint density at radius 1 is 1.38 bits per heavy atom. The Hall–Kier alpha value is -2.34. The van der Waals surface area contributed by atoms with Crippen LogP contribution >= 0.6 is 11.6 Å². The molecule has 5 nitrogen and oxygen atoms in total. The maximum atomic E-state index is 14.1. The molecule has 1 amide bonds. The average molecular weight is 378 g/mol. The van der Waals surface area contributed by atoms with Crippen LogP contribution in [0.1, 0.15) is 31.9 Å². The van der Waals surface area contributed by atoms with Gasteiger partial charge in [-0.25, -0.2) is 9.37 Å². The van der Waals surface area contributed by atoms with Crippen LogP contribution in [0.5, 0.6) is 5.75 Å². The van der Waals surface area contributed by atoms with Gasteiger partial charge in [0.25, 0.3) is 0 Å². The van der Waals surface area contributed by atoms with Gasteiger partial charge in [-0.1, -0.05) is 23.7 Å². The summed E-state index contributed by atoms with van der Waals surface area (Å²) >= 11 is 5.76. The van der Waals surface area contributed by atoms with E-state index in [1.807, 2.05) is 36.1 Å². The summed E-state index contributed by atoms with van der Waals surface area (Å²) in [6.07, 6.45) is 2.27. The molecule has 1 aliphatic heterocycles. The molecule has 26 heavy (non-hydrogen) atoms. The predicted molar refractivity (Wildman–Crippen MR) is 99.1 cm³/mol. The number of nitrogens with one attached hydrogen (secondary N) is 1. The molecule has 138 valence electrons. The van der Waals surface area contributed by atoms with E-state index in [2.05, 4.69) is 10.3 Å². The van der Waals surface area contributed by atoms with Crippen LogP contribution in [0, 0.1) is 5.82 Å². The van der Waals surface area contributed by atoms with Crippen molar-refractivity contribution < 1.29 is 13.9 Å². The predicted octanol–water partition coefficient (Wildman–Crippen LogP) is 3.73. The highest BCUT2D eigenvalue weighted by Crippen LogP contribution is 2.28. The summed E-state index contributed by atoms with van der Waals surface area (Å²) in [5.41, 5.74) is 1.46. The number of halogens is 2. The molecule has 1 aromatic heterocycles. The molecule has 1 aliphatic rings. The number of anilines is 1. The number of hydrogen-bond donors (Lipinski definition) is 1. The van der Waals surface area contributed by atoms with Crippen LogP contribution in [0.4, 0.5) is 10.1 Å². The molecule has 0 radical (unpaired) electrons. The van der Waals surface area contributed by atoms with Crippen LogP contribution in [0.2, 0.25) is 5.15 Å². The summed E-state index contributed by atoms with van der Waals surface area (Å²) in [7, 11) is 0. The van der Waals surface area contributed by atoms with Gasteiger partial charge < -0.3 is 15.0 Å². The molecular weight excluding hydrogens is 357 g/mol. The van der Waals surface area contributed by atoms with Crippen LogP contribution in [0.25, 0.3) is 0 Å². The second-order valence-corrected chi connectivity index (χ2v) is 6.76. The van der Waals surface area contributed by atoms with E-state index in [4.69, 9.17) is 16.3 Å². The minimum absolute atomic E-state index is 0.0278. The molecule has 0 bridgehead atoms. The number of hydrogen-bond acceptors (Lipinski definition) is 4. The van der Waals surface area contributed by atoms with E-state index in [1.165, 1.54) is 13.1 Å². The summed E-state index contributed by atoms with van der Waals surface area (Å²) < 4.78 is 20.1. The molecule has 3 rings (SSSR count). The van der Waals surface area contributed by atoms with Gasteiger partial charge in [0.1, 0.15) is 11.9 Å². The standard InChI is InChI=1S/C19H21ClFN3O2/c1-12(23-13(2)25)14-3-5-15(6-4-14)26-16-8-10-24(11-16)17-7-9-22-19(20)18(17)21/h3-7,9,12,16H,8,10-11H2,1-2H3,(H,23,25)/t12-,16?/m0/s1. The van der Waals surface area contributed by atoms with Crippen LogP contribution in [-0.2, 0) is 4.79 Å². The fourth-order valence-electron chi connectivity index (χ4n) is 3.11. The Bertz CT molecular complexity index is 785. The maximum absolute atomic E-state index is 14.1. The summed E-state index contributed by atoms with van der Waals surface area (Å²) in [6.45, 7) is 4.71. The average Bonchev–Trinajstić information content (AvgIpc) is 3.05. The fraction of sp³-hybridized carbons (Fsp3) is 0.368. The number of pyridine rings is 1. The highest BCUT2D eigenvalue weighted by atomic mass is 35.5. The van der Waals surface area contributed by atoms with Gasteiger partial charge in [-0.2, -0.15) is 0 Å². The van der Waals surface area contributed by atoms with Crippen molar-refractivity contribution in [3.8, 4) is 5.75 Å². The second kappa shape index (κ2) is 7.91. The number of carbonyl (C=O) groups excluding carboxylic acids is 1. The highest BCUT2D eigenvalue weighted by molar-refractivity contribution is 6.29. The molecule has 1 fully saturated rings. The van der Waals surface area contributed by atoms with Crippen molar-refractivity contribution in [3.05, 3.63) is 53.1 Å². The third-order valence-corrected chi connectivity index (χ3v) is 4.68. The van der Waals surface area contributed by atoms with E-state index in [1.54, 1.807) is 6.07 Å². The SMILES string of the molecule is CC(=O)N[C@@H](C)c1ccc(OC2CCN(c3ccnc(Cl)c3F)C2)cc1. The van der Waals surface area contributed by atoms with Gasteiger partial charge in [-0.15, -0.1) is 0 Å². The van der Waals surface area contributed by atoms with Crippen molar-refractivity contribution in [2.45, 2.75) is 32.4 Å². The monoisotopic (exact) mass is 377 g/mol. The summed E-state index contributed by atoms with van der Waals surface area (Å²) in [5.74, 6) is 0.197. The largest absolute Gasteiger partial charge is 0.489 e. The van der Waals surface area contributed by atoms with Crippen LogP contribution in [-0.4, -0.2) is 30.1 Å². The van der Waals surface area contributed by atoms with Crippen molar-refractivity contribution in [2.24, 2.45) is 0 Å². The minimum atomic E-state index is -0.494. The fourth-order valence-corrected chi connectivity index (χ4v) is 3.27. The van der Waals surface area contributed by atoms with Gasteiger partial charge in [0.2, 0.25) is 5.91 Å². The summed E-state index contributed by atoms with van der Waals surface area (Å²) in [6, 6.07) is 9.22. The maximum Gasteiger partial charge on any atom is 0.217 e. The molecule has 0 aliphatic carbocycles. The van der Waals surface area contributed by atoms with Crippen LogP contribution < -0.4 is 15.0 Å². The van der Waals surface area contributed by atoms with Crippen molar-refractivity contribution in [3.63, 3.8) is 0 Å². The van der Waals surface area contributed by atoms with Crippen LogP contribution in [0.15, 0.2) is 36.5 Å². The molecule has 1 unspecified atom stereocenters. The lowest BCUT2D eigenvalue weighted by Crippen LogP contribution is -2.25. The van der Waals surface area contributed by atoms with Gasteiger partial charge in [0.15, 0.2) is 11.0 Å². The van der Waals surface area contributed by atoms with Gasteiger partial charge in [-0.05, 0) is 30.7 Å². The highest BCUT2D eigenvalue weighted by Gasteiger charge is 2.26. The number of ether oxygens (including phenoxy) is 1. The summed E-state index contributed by atoms with van der Waals surface area (Å²) in [4.78, 5) is 16.8. The zero-order valence-corrected chi connectivity index (χ0v) is 15.5. The summed E-state index contributed by atoms with van der Waals surface area (Å²) in [5, 5.41) is 2.73. The number of rotatable bonds is 5. The molecule has 2 atom stereocenters. The third-order valence-electron chi connectivity index (χ3n) is 4.41. The van der Waals surface area contributed by atoms with Gasteiger partial charge in [0, 0.05) is 26.1 Å². The third kappa shape index (κ3) is 4.25.